The molecule has 0 saturated heterocycles. The predicted octanol–water partition coefficient (Wildman–Crippen LogP) is 5.17. The molecule has 43 heavy (non-hydrogen) atoms. The van der Waals surface area contributed by atoms with Gasteiger partial charge in [0.25, 0.3) is 10.0 Å². The van der Waals surface area contributed by atoms with Gasteiger partial charge in [0.15, 0.2) is 23.1 Å². The first-order chi connectivity index (χ1) is 20.6. The highest BCUT2D eigenvalue weighted by molar-refractivity contribution is 7.90. The molecule has 3 aromatic heterocycles. The van der Waals surface area contributed by atoms with E-state index in [2.05, 4.69) is 25.3 Å². The summed E-state index contributed by atoms with van der Waals surface area (Å²) in [4.78, 5) is 30.1. The fourth-order valence-electron chi connectivity index (χ4n) is 6.69. The second-order valence-corrected chi connectivity index (χ2v) is 13.1. The number of nitrogens with one attached hydrogen (secondary N) is 1. The maximum Gasteiger partial charge on any atom is 0.308 e. The molecule has 3 saturated carbocycles. The van der Waals surface area contributed by atoms with Gasteiger partial charge < -0.3 is 10.4 Å². The van der Waals surface area contributed by atoms with Crippen LogP contribution in [-0.2, 0) is 14.8 Å². The van der Waals surface area contributed by atoms with Crippen molar-refractivity contribution in [2.24, 2.45) is 17.8 Å². The van der Waals surface area contributed by atoms with Gasteiger partial charge in [-0.05, 0) is 62.6 Å². The fourth-order valence-corrected chi connectivity index (χ4v) is 8.07. The summed E-state index contributed by atoms with van der Waals surface area (Å²) >= 11 is 0. The maximum atomic E-state index is 15.3. The number of halogens is 2. The SMILES string of the molecule is Cc1ccc(S(=O)(=O)n2cc(-c3nc(NC4C5CCC(CC5)C4C(=O)O)c4nccnc4n3)c3cc(F)cc(F)c32)cc1. The van der Waals surface area contributed by atoms with Crippen molar-refractivity contribution in [2.45, 2.75) is 43.5 Å². The van der Waals surface area contributed by atoms with Crippen molar-refractivity contribution >= 4 is 43.9 Å². The summed E-state index contributed by atoms with van der Waals surface area (Å²) in [7, 11) is -4.31. The highest BCUT2D eigenvalue weighted by atomic mass is 32.2. The number of carbonyl (C=O) groups is 1. The number of aryl methyl sites for hydroxylation is 1. The van der Waals surface area contributed by atoms with Crippen LogP contribution in [0, 0.1) is 36.3 Å². The molecule has 3 heterocycles. The Labute approximate surface area is 244 Å². The molecule has 3 aliphatic rings. The molecule has 2 bridgehead atoms. The first-order valence-corrected chi connectivity index (χ1v) is 15.4. The van der Waals surface area contributed by atoms with E-state index in [1.54, 1.807) is 12.1 Å². The van der Waals surface area contributed by atoms with E-state index >= 15 is 4.39 Å². The molecule has 0 aliphatic heterocycles. The van der Waals surface area contributed by atoms with Gasteiger partial charge in [-0.1, -0.05) is 17.7 Å². The first-order valence-electron chi connectivity index (χ1n) is 13.9. The van der Waals surface area contributed by atoms with E-state index in [1.165, 1.54) is 30.7 Å². The Hall–Kier alpha value is -4.52. The van der Waals surface area contributed by atoms with Gasteiger partial charge >= 0.3 is 5.97 Å². The van der Waals surface area contributed by atoms with Crippen LogP contribution in [0.3, 0.4) is 0 Å². The number of fused-ring (bicyclic) bond motifs is 5. The summed E-state index contributed by atoms with van der Waals surface area (Å²) in [5.41, 5.74) is 0.990. The molecule has 0 radical (unpaired) electrons. The zero-order valence-corrected chi connectivity index (χ0v) is 23.7. The number of carboxylic acid groups (broad SMARTS) is 1. The van der Waals surface area contributed by atoms with Crippen LogP contribution in [-0.4, -0.2) is 49.4 Å². The smallest absolute Gasteiger partial charge is 0.308 e. The van der Waals surface area contributed by atoms with Crippen LogP contribution in [0.5, 0.6) is 0 Å². The zero-order valence-electron chi connectivity index (χ0n) is 22.9. The number of hydrogen-bond acceptors (Lipinski definition) is 8. The van der Waals surface area contributed by atoms with Crippen LogP contribution < -0.4 is 5.32 Å². The molecule has 2 aromatic carbocycles. The fraction of sp³-hybridized carbons (Fsp3) is 0.300. The van der Waals surface area contributed by atoms with Crippen LogP contribution >= 0.6 is 0 Å². The Bertz CT molecular complexity index is 2020. The van der Waals surface area contributed by atoms with E-state index in [-0.39, 0.29) is 50.5 Å². The number of aromatic nitrogens is 5. The molecule has 10 nitrogen and oxygen atoms in total. The number of nitrogens with zero attached hydrogens (tertiary/aromatic N) is 5. The van der Waals surface area contributed by atoms with Crippen molar-refractivity contribution in [1.82, 2.24) is 23.9 Å². The minimum atomic E-state index is -4.31. The molecule has 5 aromatic rings. The third kappa shape index (κ3) is 4.49. The summed E-state index contributed by atoms with van der Waals surface area (Å²) in [6, 6.07) is 7.32. The average molecular weight is 605 g/mol. The lowest BCUT2D eigenvalue weighted by Gasteiger charge is -2.47. The van der Waals surface area contributed by atoms with Crippen LogP contribution in [0.2, 0.25) is 0 Å². The van der Waals surface area contributed by atoms with Crippen molar-refractivity contribution in [2.75, 3.05) is 5.32 Å². The molecule has 220 valence electrons. The normalized spacial score (nSPS) is 21.8. The third-order valence-electron chi connectivity index (χ3n) is 8.74. The Morgan fingerprint density at radius 1 is 1.00 bits per heavy atom. The number of rotatable bonds is 6. The van der Waals surface area contributed by atoms with Crippen LogP contribution in [0.25, 0.3) is 33.5 Å². The van der Waals surface area contributed by atoms with Gasteiger partial charge in [0.05, 0.1) is 10.8 Å². The van der Waals surface area contributed by atoms with Gasteiger partial charge in [-0.15, -0.1) is 0 Å². The molecule has 13 heteroatoms. The lowest BCUT2D eigenvalue weighted by molar-refractivity contribution is -0.148. The van der Waals surface area contributed by atoms with E-state index in [1.807, 2.05) is 6.92 Å². The van der Waals surface area contributed by atoms with E-state index in [0.29, 0.717) is 11.6 Å². The average Bonchev–Trinajstić information content (AvgIpc) is 3.38. The van der Waals surface area contributed by atoms with E-state index < -0.39 is 39.6 Å². The molecule has 8 rings (SSSR count). The monoisotopic (exact) mass is 604 g/mol. The van der Waals surface area contributed by atoms with Crippen molar-refractivity contribution < 1.29 is 27.1 Å². The molecule has 2 unspecified atom stereocenters. The van der Waals surface area contributed by atoms with Gasteiger partial charge in [-0.25, -0.2) is 41.1 Å². The van der Waals surface area contributed by atoms with Crippen molar-refractivity contribution in [3.63, 3.8) is 0 Å². The van der Waals surface area contributed by atoms with Gasteiger partial charge in [-0.3, -0.25) is 4.79 Å². The molecule has 3 fully saturated rings. The first kappa shape index (κ1) is 27.3. The van der Waals surface area contributed by atoms with Gasteiger partial charge in [0.1, 0.15) is 16.9 Å². The van der Waals surface area contributed by atoms with Crippen LogP contribution in [0.1, 0.15) is 31.2 Å². The second-order valence-electron chi connectivity index (χ2n) is 11.3. The van der Waals surface area contributed by atoms with Crippen LogP contribution in [0.4, 0.5) is 14.6 Å². The van der Waals surface area contributed by atoms with Gasteiger partial charge in [0.2, 0.25) is 0 Å². The van der Waals surface area contributed by atoms with Gasteiger partial charge in [-0.2, -0.15) is 0 Å². The standard InChI is InChI=1S/C30H26F2N6O4S/c1-15-2-8-19(9-3-15)43(41,42)38-14-21(20-12-18(31)13-22(32)26(20)38)27-36-28-25(33-10-11-34-28)29(37-27)35-24-17-6-4-16(5-7-17)23(24)30(39)40/h2-3,8-14,16-17,23-24H,4-7H2,1H3,(H,39,40)(H,34,35,36,37). The largest absolute Gasteiger partial charge is 0.481 e. The molecule has 0 spiro atoms. The highest BCUT2D eigenvalue weighted by Gasteiger charge is 2.47. The minimum absolute atomic E-state index is 0.0366. The molecular formula is C30H26F2N6O4S. The number of benzene rings is 2. The lowest BCUT2D eigenvalue weighted by atomic mass is 9.61. The zero-order chi connectivity index (χ0) is 30.0. The van der Waals surface area contributed by atoms with Crippen molar-refractivity contribution in [3.05, 3.63) is 72.2 Å². The minimum Gasteiger partial charge on any atom is -0.481 e. The summed E-state index contributed by atoms with van der Waals surface area (Å²) in [6.45, 7) is 1.81. The predicted molar refractivity (Wildman–Crippen MR) is 154 cm³/mol. The van der Waals surface area contributed by atoms with Gasteiger partial charge in [0, 0.05) is 41.6 Å². The quantitative estimate of drug-likeness (QED) is 0.269. The van der Waals surface area contributed by atoms with Crippen molar-refractivity contribution in [3.8, 4) is 11.4 Å². The van der Waals surface area contributed by atoms with E-state index in [9.17, 15) is 22.7 Å². The number of anilines is 1. The van der Waals surface area contributed by atoms with Crippen molar-refractivity contribution in [1.29, 1.82) is 0 Å². The molecular weight excluding hydrogens is 578 g/mol. The molecule has 0 amide bonds. The van der Waals surface area contributed by atoms with E-state index in [4.69, 9.17) is 0 Å². The third-order valence-corrected chi connectivity index (χ3v) is 10.4. The number of aliphatic carboxylic acids is 1. The molecule has 2 atom stereocenters. The summed E-state index contributed by atoms with van der Waals surface area (Å²) < 4.78 is 58.1. The van der Waals surface area contributed by atoms with E-state index in [0.717, 1.165) is 41.3 Å². The number of carboxylic acids is 1. The Balaban J connectivity index is 1.42. The Morgan fingerprint density at radius 3 is 2.42 bits per heavy atom. The topological polar surface area (TPSA) is 140 Å². The Morgan fingerprint density at radius 2 is 1.70 bits per heavy atom. The highest BCUT2D eigenvalue weighted by Crippen LogP contribution is 2.46. The summed E-state index contributed by atoms with van der Waals surface area (Å²) in [6.07, 6.45) is 7.53. The molecule has 3 aliphatic carbocycles. The second kappa shape index (κ2) is 10.0. The molecule has 2 N–H and O–H groups in total. The van der Waals surface area contributed by atoms with Crippen LogP contribution in [0.15, 0.2) is 59.9 Å². The summed E-state index contributed by atoms with van der Waals surface area (Å²) in [5.74, 6) is -3.16. The number of hydrogen-bond donors (Lipinski definition) is 2. The maximum absolute atomic E-state index is 15.3. The summed E-state index contributed by atoms with van der Waals surface area (Å²) in [5, 5.41) is 13.4. The Kier molecular flexibility index (Phi) is 6.38. The lowest BCUT2D eigenvalue weighted by Crippen LogP contribution is -2.51.